The SMILES string of the molecule is Cc1ccc(N2C(=O)/C(=C\c3ccc(-c4ccccc4[N+](=O)[O-])o3)C(=O)NC2=S)cc1. The van der Waals surface area contributed by atoms with Crippen LogP contribution in [0, 0.1) is 17.0 Å². The highest BCUT2D eigenvalue weighted by molar-refractivity contribution is 7.80. The number of aryl methyl sites for hydroxylation is 1. The molecule has 0 radical (unpaired) electrons. The Bertz CT molecular complexity index is 1260. The zero-order valence-corrected chi connectivity index (χ0v) is 17.0. The van der Waals surface area contributed by atoms with Crippen molar-refractivity contribution in [2.75, 3.05) is 4.90 Å². The van der Waals surface area contributed by atoms with Gasteiger partial charge in [-0.15, -0.1) is 0 Å². The van der Waals surface area contributed by atoms with E-state index in [1.165, 1.54) is 23.1 Å². The third-order valence-corrected chi connectivity index (χ3v) is 4.96. The minimum Gasteiger partial charge on any atom is -0.456 e. The lowest BCUT2D eigenvalue weighted by Gasteiger charge is -2.28. The number of nitro groups is 1. The van der Waals surface area contributed by atoms with Crippen LogP contribution in [0.3, 0.4) is 0 Å². The molecule has 2 heterocycles. The molecule has 0 bridgehead atoms. The summed E-state index contributed by atoms with van der Waals surface area (Å²) < 4.78 is 5.68. The molecule has 154 valence electrons. The number of hydrogen-bond donors (Lipinski definition) is 1. The van der Waals surface area contributed by atoms with Crippen LogP contribution < -0.4 is 10.2 Å². The van der Waals surface area contributed by atoms with Gasteiger partial charge < -0.3 is 4.42 Å². The van der Waals surface area contributed by atoms with Gasteiger partial charge in [-0.3, -0.25) is 29.9 Å². The highest BCUT2D eigenvalue weighted by atomic mass is 32.1. The Morgan fingerprint density at radius 3 is 2.48 bits per heavy atom. The number of benzene rings is 2. The molecule has 0 saturated carbocycles. The van der Waals surface area contributed by atoms with Gasteiger partial charge in [-0.2, -0.15) is 0 Å². The zero-order valence-electron chi connectivity index (χ0n) is 16.2. The molecule has 1 aromatic heterocycles. The van der Waals surface area contributed by atoms with E-state index in [1.807, 2.05) is 19.1 Å². The van der Waals surface area contributed by atoms with Gasteiger partial charge in [0.2, 0.25) is 0 Å². The molecule has 1 aliphatic heterocycles. The first kappa shape index (κ1) is 20.2. The Balaban J connectivity index is 1.69. The average Bonchev–Trinajstić information content (AvgIpc) is 3.21. The van der Waals surface area contributed by atoms with Gasteiger partial charge in [0.15, 0.2) is 5.11 Å². The molecular weight excluding hydrogens is 418 g/mol. The molecular formula is C22H15N3O5S. The van der Waals surface area contributed by atoms with Crippen LogP contribution in [-0.4, -0.2) is 21.9 Å². The molecule has 1 saturated heterocycles. The number of amides is 2. The number of hydrogen-bond acceptors (Lipinski definition) is 6. The monoisotopic (exact) mass is 433 g/mol. The van der Waals surface area contributed by atoms with Gasteiger partial charge in [0.05, 0.1) is 16.2 Å². The molecule has 0 unspecified atom stereocenters. The average molecular weight is 433 g/mol. The molecule has 2 aromatic carbocycles. The van der Waals surface area contributed by atoms with E-state index in [-0.39, 0.29) is 27.9 Å². The molecule has 2 amide bonds. The van der Waals surface area contributed by atoms with E-state index in [1.54, 1.807) is 36.4 Å². The van der Waals surface area contributed by atoms with Gasteiger partial charge in [0.1, 0.15) is 17.1 Å². The number of furan rings is 1. The number of thiocarbonyl (C=S) groups is 1. The minimum atomic E-state index is -0.651. The molecule has 1 N–H and O–H groups in total. The van der Waals surface area contributed by atoms with Crippen molar-refractivity contribution >= 4 is 46.6 Å². The van der Waals surface area contributed by atoms with Crippen molar-refractivity contribution in [3.63, 3.8) is 0 Å². The van der Waals surface area contributed by atoms with Crippen LogP contribution in [-0.2, 0) is 9.59 Å². The van der Waals surface area contributed by atoms with Gasteiger partial charge in [-0.1, -0.05) is 29.8 Å². The number of anilines is 1. The van der Waals surface area contributed by atoms with Crippen LogP contribution in [0.1, 0.15) is 11.3 Å². The van der Waals surface area contributed by atoms with Gasteiger partial charge in [0, 0.05) is 6.07 Å². The molecule has 8 nitrogen and oxygen atoms in total. The van der Waals surface area contributed by atoms with E-state index in [9.17, 15) is 19.7 Å². The summed E-state index contributed by atoms with van der Waals surface area (Å²) in [4.78, 5) is 37.4. The number of nitrogens with zero attached hydrogens (tertiary/aromatic N) is 2. The normalized spacial score (nSPS) is 15.3. The number of nitrogens with one attached hydrogen (secondary N) is 1. The van der Waals surface area contributed by atoms with Crippen molar-refractivity contribution in [2.24, 2.45) is 0 Å². The standard InChI is InChI=1S/C22H15N3O5S/c1-13-6-8-14(9-7-13)24-21(27)17(20(26)23-22(24)31)12-15-10-11-19(30-15)16-4-2-3-5-18(16)25(28)29/h2-12H,1H3,(H,23,26,31)/b17-12-. The zero-order chi connectivity index (χ0) is 22.1. The minimum absolute atomic E-state index is 0.0175. The maximum Gasteiger partial charge on any atom is 0.280 e. The number of carbonyl (C=O) groups excluding carboxylic acids is 2. The Labute approximate surface area is 181 Å². The second-order valence-electron chi connectivity index (χ2n) is 6.77. The lowest BCUT2D eigenvalue weighted by atomic mass is 10.1. The van der Waals surface area contributed by atoms with E-state index < -0.39 is 16.7 Å². The Kier molecular flexibility index (Phi) is 5.18. The summed E-state index contributed by atoms with van der Waals surface area (Å²) in [5, 5.41) is 13.8. The summed E-state index contributed by atoms with van der Waals surface area (Å²) in [5.41, 5.74) is 1.54. The van der Waals surface area contributed by atoms with Crippen molar-refractivity contribution in [2.45, 2.75) is 6.92 Å². The molecule has 4 rings (SSSR count). The molecule has 31 heavy (non-hydrogen) atoms. The maximum absolute atomic E-state index is 13.0. The summed E-state index contributed by atoms with van der Waals surface area (Å²) in [5.74, 6) is -0.805. The highest BCUT2D eigenvalue weighted by Crippen LogP contribution is 2.31. The van der Waals surface area contributed by atoms with Crippen LogP contribution in [0.25, 0.3) is 17.4 Å². The van der Waals surface area contributed by atoms with Crippen molar-refractivity contribution < 1.29 is 18.9 Å². The van der Waals surface area contributed by atoms with Crippen LogP contribution >= 0.6 is 12.2 Å². The highest BCUT2D eigenvalue weighted by Gasteiger charge is 2.34. The van der Waals surface area contributed by atoms with Gasteiger partial charge in [0.25, 0.3) is 17.5 Å². The van der Waals surface area contributed by atoms with Crippen molar-refractivity contribution in [1.82, 2.24) is 5.32 Å². The van der Waals surface area contributed by atoms with Crippen LogP contribution in [0.15, 0.2) is 70.7 Å². The molecule has 0 spiro atoms. The molecule has 1 aliphatic rings. The van der Waals surface area contributed by atoms with Gasteiger partial charge in [-0.25, -0.2) is 0 Å². The summed E-state index contributed by atoms with van der Waals surface area (Å²) in [6.07, 6.45) is 1.29. The predicted octanol–water partition coefficient (Wildman–Crippen LogP) is 3.99. The Morgan fingerprint density at radius 1 is 1.06 bits per heavy atom. The number of nitro benzene ring substituents is 1. The number of rotatable bonds is 4. The third-order valence-electron chi connectivity index (χ3n) is 4.67. The lowest BCUT2D eigenvalue weighted by molar-refractivity contribution is -0.384. The summed E-state index contributed by atoms with van der Waals surface area (Å²) in [6.45, 7) is 1.92. The number of carbonyl (C=O) groups is 2. The first-order valence-corrected chi connectivity index (χ1v) is 9.58. The maximum atomic E-state index is 13.0. The largest absolute Gasteiger partial charge is 0.456 e. The Morgan fingerprint density at radius 2 is 1.77 bits per heavy atom. The van der Waals surface area contributed by atoms with Crippen LogP contribution in [0.2, 0.25) is 0 Å². The number of para-hydroxylation sites is 1. The summed E-state index contributed by atoms with van der Waals surface area (Å²) in [6, 6.07) is 16.3. The van der Waals surface area contributed by atoms with E-state index >= 15 is 0 Å². The molecule has 0 atom stereocenters. The quantitative estimate of drug-likeness (QED) is 0.219. The summed E-state index contributed by atoms with van der Waals surface area (Å²) >= 11 is 5.18. The Hall–Kier alpha value is -4.11. The second-order valence-corrected chi connectivity index (χ2v) is 7.16. The first-order valence-electron chi connectivity index (χ1n) is 9.17. The molecule has 9 heteroatoms. The molecule has 3 aromatic rings. The van der Waals surface area contributed by atoms with Crippen LogP contribution in [0.5, 0.6) is 0 Å². The fraction of sp³-hybridized carbons (Fsp3) is 0.0455. The smallest absolute Gasteiger partial charge is 0.280 e. The predicted molar refractivity (Wildman–Crippen MR) is 118 cm³/mol. The fourth-order valence-corrected chi connectivity index (χ4v) is 3.43. The van der Waals surface area contributed by atoms with Gasteiger partial charge >= 0.3 is 0 Å². The van der Waals surface area contributed by atoms with Crippen molar-refractivity contribution in [1.29, 1.82) is 0 Å². The van der Waals surface area contributed by atoms with E-state index in [4.69, 9.17) is 16.6 Å². The van der Waals surface area contributed by atoms with Gasteiger partial charge in [-0.05, 0) is 55.5 Å². The van der Waals surface area contributed by atoms with E-state index in [0.29, 0.717) is 11.3 Å². The molecule has 1 fully saturated rings. The molecule has 0 aliphatic carbocycles. The second kappa shape index (κ2) is 7.96. The lowest BCUT2D eigenvalue weighted by Crippen LogP contribution is -2.54. The first-order chi connectivity index (χ1) is 14.8. The van der Waals surface area contributed by atoms with Crippen molar-refractivity contribution in [3.05, 3.63) is 87.7 Å². The topological polar surface area (TPSA) is 106 Å². The summed E-state index contributed by atoms with van der Waals surface area (Å²) in [7, 11) is 0. The fourth-order valence-electron chi connectivity index (χ4n) is 3.14. The third kappa shape index (κ3) is 3.86. The van der Waals surface area contributed by atoms with Crippen molar-refractivity contribution in [3.8, 4) is 11.3 Å². The van der Waals surface area contributed by atoms with Crippen LogP contribution in [0.4, 0.5) is 11.4 Å². The van der Waals surface area contributed by atoms with E-state index in [0.717, 1.165) is 5.56 Å². The van der Waals surface area contributed by atoms with E-state index in [2.05, 4.69) is 5.32 Å².